The van der Waals surface area contributed by atoms with E-state index >= 15 is 0 Å². The van der Waals surface area contributed by atoms with E-state index in [0.29, 0.717) is 6.54 Å². The highest BCUT2D eigenvalue weighted by Crippen LogP contribution is 2.23. The predicted molar refractivity (Wildman–Crippen MR) is 88.7 cm³/mol. The van der Waals surface area contributed by atoms with Gasteiger partial charge in [0.2, 0.25) is 0 Å². The van der Waals surface area contributed by atoms with Gasteiger partial charge in [-0.05, 0) is 38.1 Å². The fourth-order valence-corrected chi connectivity index (χ4v) is 2.61. The topological polar surface area (TPSA) is 29.3 Å². The highest BCUT2D eigenvalue weighted by molar-refractivity contribution is 5.16. The molecule has 0 aliphatic rings. The van der Waals surface area contributed by atoms with Crippen molar-refractivity contribution in [3.05, 3.63) is 35.6 Å². The normalized spacial score (nSPS) is 14.4. The van der Waals surface area contributed by atoms with Gasteiger partial charge in [-0.15, -0.1) is 0 Å². The zero-order valence-electron chi connectivity index (χ0n) is 13.9. The summed E-state index contributed by atoms with van der Waals surface area (Å²) < 4.78 is 13.0. The van der Waals surface area contributed by atoms with E-state index < -0.39 is 0 Å². The Morgan fingerprint density at radius 1 is 1.10 bits per heavy atom. The van der Waals surface area contributed by atoms with Crippen molar-refractivity contribution in [1.29, 1.82) is 0 Å². The van der Waals surface area contributed by atoms with Gasteiger partial charge in [0.05, 0.1) is 0 Å². The lowest BCUT2D eigenvalue weighted by molar-refractivity contribution is 0.122. The molecule has 0 heterocycles. The van der Waals surface area contributed by atoms with Gasteiger partial charge < -0.3 is 5.73 Å². The van der Waals surface area contributed by atoms with Crippen LogP contribution in [0, 0.1) is 5.82 Å². The summed E-state index contributed by atoms with van der Waals surface area (Å²) in [6.07, 6.45) is 7.54. The number of hydrogen-bond donors (Lipinski definition) is 1. The molecule has 0 aromatic heterocycles. The van der Waals surface area contributed by atoms with E-state index in [1.165, 1.54) is 44.2 Å². The molecule has 0 spiro atoms. The van der Waals surface area contributed by atoms with Crippen molar-refractivity contribution in [3.8, 4) is 0 Å². The fraction of sp³-hybridized carbons (Fsp3) is 0.667. The van der Waals surface area contributed by atoms with E-state index in [0.717, 1.165) is 18.5 Å². The lowest BCUT2D eigenvalue weighted by Crippen LogP contribution is -2.49. The van der Waals surface area contributed by atoms with Crippen molar-refractivity contribution in [1.82, 2.24) is 4.90 Å². The number of unbranched alkanes of at least 4 members (excludes halogenated alkanes) is 4. The van der Waals surface area contributed by atoms with Crippen LogP contribution < -0.4 is 5.73 Å². The van der Waals surface area contributed by atoms with Gasteiger partial charge in [-0.2, -0.15) is 0 Å². The first-order valence-corrected chi connectivity index (χ1v) is 8.17. The number of likely N-dealkylation sites (N-methyl/N-ethyl adjacent to an activating group) is 1. The lowest BCUT2D eigenvalue weighted by Gasteiger charge is -2.38. The van der Waals surface area contributed by atoms with E-state index in [-0.39, 0.29) is 11.4 Å². The Kier molecular flexibility index (Phi) is 7.91. The van der Waals surface area contributed by atoms with Crippen molar-refractivity contribution in [3.63, 3.8) is 0 Å². The van der Waals surface area contributed by atoms with Crippen LogP contribution in [0.4, 0.5) is 4.39 Å². The number of halogens is 1. The summed E-state index contributed by atoms with van der Waals surface area (Å²) in [5.74, 6) is -0.182. The molecular weight excluding hydrogens is 263 g/mol. The number of nitrogens with zero attached hydrogens (tertiary/aromatic N) is 1. The summed E-state index contributed by atoms with van der Waals surface area (Å²) in [7, 11) is 2.11. The van der Waals surface area contributed by atoms with Crippen LogP contribution in [0.25, 0.3) is 0 Å². The van der Waals surface area contributed by atoms with Gasteiger partial charge in [-0.1, -0.05) is 51.2 Å². The van der Waals surface area contributed by atoms with E-state index in [1.807, 2.05) is 12.1 Å². The third-order valence-corrected chi connectivity index (χ3v) is 4.51. The molecule has 120 valence electrons. The Labute approximate surface area is 129 Å². The van der Waals surface area contributed by atoms with Crippen molar-refractivity contribution < 1.29 is 4.39 Å². The minimum absolute atomic E-state index is 0.0145. The average molecular weight is 294 g/mol. The average Bonchev–Trinajstić information content (AvgIpc) is 2.49. The maximum absolute atomic E-state index is 13.0. The number of nitrogens with two attached hydrogens (primary N) is 1. The molecule has 0 bridgehead atoms. The molecular formula is C18H31FN2. The summed E-state index contributed by atoms with van der Waals surface area (Å²) in [5, 5.41) is 0. The standard InChI is InChI=1S/C18H31FN2/c1-4-5-6-7-8-13-18(2,15-20)21(3)14-16-9-11-17(19)12-10-16/h9-12H,4-8,13-15,20H2,1-3H3. The van der Waals surface area contributed by atoms with Gasteiger partial charge in [0, 0.05) is 18.6 Å². The molecule has 21 heavy (non-hydrogen) atoms. The second-order valence-corrected chi connectivity index (χ2v) is 6.35. The van der Waals surface area contributed by atoms with Crippen LogP contribution in [-0.2, 0) is 6.54 Å². The number of rotatable bonds is 10. The molecule has 0 aliphatic carbocycles. The second kappa shape index (κ2) is 9.16. The molecule has 0 radical (unpaired) electrons. The zero-order valence-corrected chi connectivity index (χ0v) is 13.9. The van der Waals surface area contributed by atoms with Crippen molar-refractivity contribution in [2.75, 3.05) is 13.6 Å². The summed E-state index contributed by atoms with van der Waals surface area (Å²) >= 11 is 0. The molecule has 1 aromatic carbocycles. The summed E-state index contributed by atoms with van der Waals surface area (Å²) in [6, 6.07) is 6.75. The van der Waals surface area contributed by atoms with Crippen LogP contribution in [0.15, 0.2) is 24.3 Å². The molecule has 1 aromatic rings. The van der Waals surface area contributed by atoms with Crippen molar-refractivity contribution in [2.24, 2.45) is 5.73 Å². The van der Waals surface area contributed by atoms with Crippen LogP contribution in [0.2, 0.25) is 0 Å². The first kappa shape index (κ1) is 18.1. The third-order valence-electron chi connectivity index (χ3n) is 4.51. The van der Waals surface area contributed by atoms with Crippen LogP contribution in [0.5, 0.6) is 0 Å². The molecule has 0 amide bonds. The maximum atomic E-state index is 13.0. The fourth-order valence-electron chi connectivity index (χ4n) is 2.61. The molecule has 1 unspecified atom stereocenters. The molecule has 3 heteroatoms. The minimum Gasteiger partial charge on any atom is -0.329 e. The van der Waals surface area contributed by atoms with Gasteiger partial charge in [0.15, 0.2) is 0 Å². The third kappa shape index (κ3) is 6.15. The monoisotopic (exact) mass is 294 g/mol. The van der Waals surface area contributed by atoms with Crippen molar-refractivity contribution >= 4 is 0 Å². The van der Waals surface area contributed by atoms with E-state index in [1.54, 1.807) is 0 Å². The van der Waals surface area contributed by atoms with Gasteiger partial charge >= 0.3 is 0 Å². The number of hydrogen-bond acceptors (Lipinski definition) is 2. The molecule has 0 saturated heterocycles. The highest BCUT2D eigenvalue weighted by atomic mass is 19.1. The zero-order chi connectivity index (χ0) is 15.7. The summed E-state index contributed by atoms with van der Waals surface area (Å²) in [4.78, 5) is 2.31. The Bertz CT molecular complexity index is 391. The quantitative estimate of drug-likeness (QED) is 0.651. The van der Waals surface area contributed by atoms with Crippen molar-refractivity contribution in [2.45, 2.75) is 64.5 Å². The largest absolute Gasteiger partial charge is 0.329 e. The van der Waals surface area contributed by atoms with Gasteiger partial charge in [-0.25, -0.2) is 4.39 Å². The molecule has 1 rings (SSSR count). The molecule has 0 aliphatic heterocycles. The van der Waals surface area contributed by atoms with E-state index in [4.69, 9.17) is 5.73 Å². The maximum Gasteiger partial charge on any atom is 0.123 e. The van der Waals surface area contributed by atoms with Crippen LogP contribution in [0.1, 0.15) is 57.9 Å². The van der Waals surface area contributed by atoms with Gasteiger partial charge in [0.1, 0.15) is 5.82 Å². The Hall–Kier alpha value is -0.930. The SMILES string of the molecule is CCCCCCCC(C)(CN)N(C)Cc1ccc(F)cc1. The summed E-state index contributed by atoms with van der Waals surface area (Å²) in [5.41, 5.74) is 7.17. The Morgan fingerprint density at radius 3 is 2.29 bits per heavy atom. The Balaban J connectivity index is 2.49. The molecule has 0 saturated carbocycles. The predicted octanol–water partition coefficient (Wildman–Crippen LogP) is 4.34. The first-order valence-electron chi connectivity index (χ1n) is 8.17. The highest BCUT2D eigenvalue weighted by Gasteiger charge is 2.27. The molecule has 0 fully saturated rings. The van der Waals surface area contributed by atoms with E-state index in [2.05, 4.69) is 25.8 Å². The smallest absolute Gasteiger partial charge is 0.123 e. The molecule has 2 nitrogen and oxygen atoms in total. The summed E-state index contributed by atoms with van der Waals surface area (Å²) in [6.45, 7) is 5.93. The first-order chi connectivity index (χ1) is 10.0. The lowest BCUT2D eigenvalue weighted by atomic mass is 9.92. The number of benzene rings is 1. The van der Waals surface area contributed by atoms with Crippen LogP contribution in [-0.4, -0.2) is 24.0 Å². The van der Waals surface area contributed by atoms with Crippen LogP contribution >= 0.6 is 0 Å². The van der Waals surface area contributed by atoms with Gasteiger partial charge in [-0.3, -0.25) is 4.90 Å². The molecule has 2 N–H and O–H groups in total. The Morgan fingerprint density at radius 2 is 1.71 bits per heavy atom. The van der Waals surface area contributed by atoms with Crippen LogP contribution in [0.3, 0.4) is 0 Å². The minimum atomic E-state index is -0.182. The van der Waals surface area contributed by atoms with E-state index in [9.17, 15) is 4.39 Å². The second-order valence-electron chi connectivity index (χ2n) is 6.35. The van der Waals surface area contributed by atoms with Gasteiger partial charge in [0.25, 0.3) is 0 Å². The molecule has 1 atom stereocenters.